The zero-order valence-electron chi connectivity index (χ0n) is 9.41. The van der Waals surface area contributed by atoms with Crippen LogP contribution in [0.4, 0.5) is 0 Å². The van der Waals surface area contributed by atoms with Gasteiger partial charge in [0.05, 0.1) is 11.6 Å². The van der Waals surface area contributed by atoms with Crippen molar-refractivity contribution in [3.05, 3.63) is 20.6 Å². The topological polar surface area (TPSA) is 75.7 Å². The van der Waals surface area contributed by atoms with Crippen molar-refractivity contribution >= 4 is 31.9 Å². The van der Waals surface area contributed by atoms with Gasteiger partial charge in [-0.1, -0.05) is 0 Å². The third-order valence-corrected chi connectivity index (χ3v) is 4.63. The van der Waals surface area contributed by atoms with E-state index in [0.717, 1.165) is 5.56 Å². The summed E-state index contributed by atoms with van der Waals surface area (Å²) in [6.45, 7) is 0.113. The molecule has 0 unspecified atom stereocenters. The van der Waals surface area contributed by atoms with Gasteiger partial charge in [-0.25, -0.2) is 0 Å². The lowest BCUT2D eigenvalue weighted by atomic mass is 10.0. The Kier molecular flexibility index (Phi) is 5.72. The Balaban J connectivity index is 3.11. The molecule has 1 aromatic carbocycles. The Morgan fingerprint density at radius 3 is 2.59 bits per heavy atom. The second-order valence-corrected chi connectivity index (χ2v) is 5.20. The van der Waals surface area contributed by atoms with Crippen LogP contribution in [0, 0.1) is 0 Å². The van der Waals surface area contributed by atoms with Gasteiger partial charge >= 0.3 is 0 Å². The fourth-order valence-electron chi connectivity index (χ4n) is 1.50. The van der Waals surface area contributed by atoms with Gasteiger partial charge in [0.2, 0.25) is 0 Å². The molecule has 1 atom stereocenters. The molecule has 0 aliphatic heterocycles. The van der Waals surface area contributed by atoms with Gasteiger partial charge < -0.3 is 20.7 Å². The normalized spacial score (nSPS) is 12.5. The summed E-state index contributed by atoms with van der Waals surface area (Å²) in [5.41, 5.74) is 6.86. The van der Waals surface area contributed by atoms with Crippen LogP contribution in [-0.4, -0.2) is 23.9 Å². The third-order valence-electron chi connectivity index (χ3n) is 2.47. The highest BCUT2D eigenvalue weighted by molar-refractivity contribution is 9.13. The first-order valence-corrected chi connectivity index (χ1v) is 6.72. The van der Waals surface area contributed by atoms with E-state index in [0.29, 0.717) is 27.5 Å². The third kappa shape index (κ3) is 3.34. The number of nitrogens with two attached hydrogens (primary N) is 1. The van der Waals surface area contributed by atoms with Crippen molar-refractivity contribution < 1.29 is 14.9 Å². The van der Waals surface area contributed by atoms with Crippen LogP contribution in [0.25, 0.3) is 0 Å². The zero-order valence-corrected chi connectivity index (χ0v) is 12.6. The second kappa shape index (κ2) is 6.58. The van der Waals surface area contributed by atoms with Gasteiger partial charge in [0, 0.05) is 17.1 Å². The summed E-state index contributed by atoms with van der Waals surface area (Å²) in [5, 5.41) is 18.6. The fraction of sp³-hybridized carbons (Fsp3) is 0.455. The number of phenols is 1. The Morgan fingerprint density at radius 1 is 1.41 bits per heavy atom. The molecule has 0 spiro atoms. The van der Waals surface area contributed by atoms with Gasteiger partial charge in [0.15, 0.2) is 11.5 Å². The average Bonchev–Trinajstić information content (AvgIpc) is 2.33. The summed E-state index contributed by atoms with van der Waals surface area (Å²) in [4.78, 5) is 0. The van der Waals surface area contributed by atoms with Crippen molar-refractivity contribution in [1.29, 1.82) is 0 Å². The monoisotopic (exact) mass is 367 g/mol. The smallest absolute Gasteiger partial charge is 0.173 e. The van der Waals surface area contributed by atoms with E-state index >= 15 is 0 Å². The Hall–Kier alpha value is -0.300. The van der Waals surface area contributed by atoms with Crippen LogP contribution in [0.2, 0.25) is 0 Å². The Labute approximate surface area is 117 Å². The average molecular weight is 369 g/mol. The van der Waals surface area contributed by atoms with Gasteiger partial charge in [-0.3, -0.25) is 0 Å². The molecule has 0 saturated heterocycles. The van der Waals surface area contributed by atoms with Crippen LogP contribution in [-0.2, 0) is 0 Å². The van der Waals surface area contributed by atoms with Crippen molar-refractivity contribution in [3.8, 4) is 11.5 Å². The number of halogens is 2. The van der Waals surface area contributed by atoms with Crippen molar-refractivity contribution in [2.75, 3.05) is 13.7 Å². The van der Waals surface area contributed by atoms with E-state index in [-0.39, 0.29) is 18.4 Å². The zero-order chi connectivity index (χ0) is 13.0. The Bertz CT molecular complexity index is 399. The molecular weight excluding hydrogens is 354 g/mol. The van der Waals surface area contributed by atoms with Gasteiger partial charge in [0.25, 0.3) is 0 Å². The van der Waals surface area contributed by atoms with E-state index in [9.17, 15) is 5.11 Å². The highest BCUT2D eigenvalue weighted by Gasteiger charge is 2.18. The maximum atomic E-state index is 9.78. The molecule has 4 nitrogen and oxygen atoms in total. The molecule has 17 heavy (non-hydrogen) atoms. The molecular formula is C11H15Br2NO3. The molecule has 0 heterocycles. The van der Waals surface area contributed by atoms with Crippen molar-refractivity contribution in [2.24, 2.45) is 5.73 Å². The van der Waals surface area contributed by atoms with Crippen LogP contribution in [0.5, 0.6) is 11.5 Å². The number of hydrogen-bond donors (Lipinski definition) is 3. The van der Waals surface area contributed by atoms with E-state index in [1.807, 2.05) is 0 Å². The highest BCUT2D eigenvalue weighted by Crippen LogP contribution is 2.43. The molecule has 96 valence electrons. The van der Waals surface area contributed by atoms with E-state index in [1.54, 1.807) is 6.07 Å². The lowest BCUT2D eigenvalue weighted by Gasteiger charge is -2.17. The fourth-order valence-corrected chi connectivity index (χ4v) is 2.52. The minimum Gasteiger partial charge on any atom is -0.503 e. The standard InChI is InChI=1S/C11H15Br2NO3/c1-17-8-5-6(7(14)3-2-4-15)9(12)10(13)11(8)16/h5,7,15-16H,2-4,14H2,1H3/t7-/m1/s1. The predicted octanol–water partition coefficient (Wildman–Crippen LogP) is 2.70. The maximum Gasteiger partial charge on any atom is 0.173 e. The molecule has 0 bridgehead atoms. The molecule has 0 aliphatic rings. The second-order valence-electron chi connectivity index (χ2n) is 3.62. The van der Waals surface area contributed by atoms with Crippen LogP contribution in [0.3, 0.4) is 0 Å². The molecule has 0 aromatic heterocycles. The molecule has 1 rings (SSSR count). The summed E-state index contributed by atoms with van der Waals surface area (Å²) < 4.78 is 6.30. The van der Waals surface area contributed by atoms with Crippen LogP contribution in [0.1, 0.15) is 24.4 Å². The summed E-state index contributed by atoms with van der Waals surface area (Å²) in [6.07, 6.45) is 1.30. The van der Waals surface area contributed by atoms with Gasteiger partial charge in [-0.05, 0) is 56.3 Å². The molecule has 0 fully saturated rings. The number of methoxy groups -OCH3 is 1. The molecule has 6 heteroatoms. The minimum atomic E-state index is -0.220. The lowest BCUT2D eigenvalue weighted by Crippen LogP contribution is -2.12. The number of ether oxygens (including phenoxy) is 1. The van der Waals surface area contributed by atoms with Crippen molar-refractivity contribution in [1.82, 2.24) is 0 Å². The molecule has 0 aliphatic carbocycles. The first-order chi connectivity index (χ1) is 8.02. The molecule has 1 aromatic rings. The largest absolute Gasteiger partial charge is 0.503 e. The van der Waals surface area contributed by atoms with Crippen LogP contribution < -0.4 is 10.5 Å². The van der Waals surface area contributed by atoms with E-state index < -0.39 is 0 Å². The summed E-state index contributed by atoms with van der Waals surface area (Å²) in [6, 6.07) is 1.48. The number of benzene rings is 1. The number of aliphatic hydroxyl groups is 1. The van der Waals surface area contributed by atoms with Crippen LogP contribution >= 0.6 is 31.9 Å². The predicted molar refractivity (Wildman–Crippen MR) is 73.3 cm³/mol. The van der Waals surface area contributed by atoms with Crippen molar-refractivity contribution in [3.63, 3.8) is 0 Å². The Morgan fingerprint density at radius 2 is 2.06 bits per heavy atom. The molecule has 0 radical (unpaired) electrons. The minimum absolute atomic E-state index is 0.0393. The SMILES string of the molecule is COc1cc([C@H](N)CCCO)c(Br)c(Br)c1O. The number of aliphatic hydroxyl groups excluding tert-OH is 1. The number of aromatic hydroxyl groups is 1. The molecule has 4 N–H and O–H groups in total. The van der Waals surface area contributed by atoms with E-state index in [2.05, 4.69) is 31.9 Å². The highest BCUT2D eigenvalue weighted by atomic mass is 79.9. The van der Waals surface area contributed by atoms with E-state index in [4.69, 9.17) is 15.6 Å². The first kappa shape index (κ1) is 14.8. The first-order valence-electron chi connectivity index (χ1n) is 5.14. The lowest BCUT2D eigenvalue weighted by molar-refractivity contribution is 0.279. The number of rotatable bonds is 5. The number of hydrogen-bond acceptors (Lipinski definition) is 4. The quantitative estimate of drug-likeness (QED) is 0.746. The van der Waals surface area contributed by atoms with Gasteiger partial charge in [-0.15, -0.1) is 0 Å². The summed E-state index contributed by atoms with van der Waals surface area (Å²) >= 11 is 6.66. The summed E-state index contributed by atoms with van der Waals surface area (Å²) in [5.74, 6) is 0.409. The van der Waals surface area contributed by atoms with E-state index in [1.165, 1.54) is 7.11 Å². The van der Waals surface area contributed by atoms with Crippen LogP contribution in [0.15, 0.2) is 15.0 Å². The van der Waals surface area contributed by atoms with Gasteiger partial charge in [0.1, 0.15) is 0 Å². The molecule has 0 amide bonds. The summed E-state index contributed by atoms with van der Waals surface area (Å²) in [7, 11) is 1.48. The molecule has 0 saturated carbocycles. The number of phenolic OH excluding ortho intramolecular Hbond substituents is 1. The van der Waals surface area contributed by atoms with Gasteiger partial charge in [-0.2, -0.15) is 0 Å². The van der Waals surface area contributed by atoms with Crippen molar-refractivity contribution in [2.45, 2.75) is 18.9 Å². The maximum absolute atomic E-state index is 9.78.